The monoisotopic (exact) mass is 647 g/mol. The Bertz CT molecular complexity index is 1560. The molecule has 0 radical (unpaired) electrons. The van der Waals surface area contributed by atoms with Gasteiger partial charge in [0.1, 0.15) is 5.75 Å². The quantitative estimate of drug-likeness (QED) is 0.385. The van der Waals surface area contributed by atoms with Gasteiger partial charge in [-0.25, -0.2) is 0 Å². The topological polar surface area (TPSA) is 124 Å². The number of nitrogens with zero attached hydrogens (tertiary/aromatic N) is 4. The van der Waals surface area contributed by atoms with Crippen LogP contribution in [-0.4, -0.2) is 96.5 Å². The average Bonchev–Trinajstić information content (AvgIpc) is 3.46. The minimum absolute atomic E-state index is 0.111. The van der Waals surface area contributed by atoms with Crippen LogP contribution in [0.1, 0.15) is 53.4 Å². The summed E-state index contributed by atoms with van der Waals surface area (Å²) in [6.07, 6.45) is 3.21. The Labute approximate surface area is 275 Å². The number of hydrogen-bond donors (Lipinski definition) is 1. The average molecular weight is 648 g/mol. The predicted octanol–water partition coefficient (Wildman–Crippen LogP) is 3.74. The first kappa shape index (κ1) is 33.9. The number of aryl methyl sites for hydroxylation is 3. The Morgan fingerprint density at radius 3 is 2.72 bits per heavy atom. The lowest BCUT2D eigenvalue weighted by Gasteiger charge is -2.39. The number of likely N-dealkylation sites (tertiary alicyclic amines) is 1. The number of hydrogen-bond acceptors (Lipinski definition) is 8. The van der Waals surface area contributed by atoms with Crippen molar-refractivity contribution in [1.82, 2.24) is 24.9 Å². The minimum atomic E-state index is -0.487. The van der Waals surface area contributed by atoms with Gasteiger partial charge in [0.05, 0.1) is 43.7 Å². The molecule has 4 heterocycles. The zero-order valence-electron chi connectivity index (χ0n) is 27.7. The third-order valence-corrected chi connectivity index (χ3v) is 8.59. The van der Waals surface area contributed by atoms with Gasteiger partial charge in [-0.2, -0.15) is 5.10 Å². The van der Waals surface area contributed by atoms with Gasteiger partial charge in [-0.15, -0.1) is 0 Å². The molecule has 2 aromatic carbocycles. The summed E-state index contributed by atoms with van der Waals surface area (Å²) >= 11 is 0. The lowest BCUT2D eigenvalue weighted by atomic mass is 10.0. The van der Waals surface area contributed by atoms with Crippen LogP contribution in [0.3, 0.4) is 0 Å². The van der Waals surface area contributed by atoms with E-state index >= 15 is 0 Å². The van der Waals surface area contributed by atoms with Crippen LogP contribution in [0.2, 0.25) is 0 Å². The molecule has 3 aliphatic rings. The number of benzene rings is 2. The molecule has 252 valence electrons. The minimum Gasteiger partial charge on any atom is -0.493 e. The second-order valence-corrected chi connectivity index (χ2v) is 11.9. The van der Waals surface area contributed by atoms with Crippen molar-refractivity contribution in [2.45, 2.75) is 64.8 Å². The zero-order valence-corrected chi connectivity index (χ0v) is 27.7. The number of piperidine rings is 1. The highest BCUT2D eigenvalue weighted by Gasteiger charge is 2.35. The summed E-state index contributed by atoms with van der Waals surface area (Å²) in [7, 11) is 3.19. The van der Waals surface area contributed by atoms with Crippen molar-refractivity contribution in [3.63, 3.8) is 0 Å². The van der Waals surface area contributed by atoms with E-state index in [0.29, 0.717) is 74.0 Å². The number of rotatable bonds is 7. The maximum Gasteiger partial charge on any atom is 0.257 e. The van der Waals surface area contributed by atoms with Gasteiger partial charge < -0.3 is 34.1 Å². The number of aromatic nitrogens is 2. The molecule has 1 saturated heterocycles. The second-order valence-electron chi connectivity index (χ2n) is 11.9. The van der Waals surface area contributed by atoms with Gasteiger partial charge >= 0.3 is 0 Å². The number of ether oxygens (including phenoxy) is 4. The maximum atomic E-state index is 13.6. The van der Waals surface area contributed by atoms with Crippen molar-refractivity contribution < 1.29 is 33.3 Å². The fraction of sp³-hybridized carbons (Fsp3) is 0.486. The highest BCUT2D eigenvalue weighted by Crippen LogP contribution is 2.33. The van der Waals surface area contributed by atoms with Crippen LogP contribution in [0.25, 0.3) is 0 Å². The number of methoxy groups -OCH3 is 2. The Morgan fingerprint density at radius 2 is 1.96 bits per heavy atom. The van der Waals surface area contributed by atoms with Crippen molar-refractivity contribution in [3.8, 4) is 17.2 Å². The van der Waals surface area contributed by atoms with Crippen molar-refractivity contribution in [1.29, 1.82) is 0 Å². The van der Waals surface area contributed by atoms with E-state index in [1.165, 1.54) is 0 Å². The van der Waals surface area contributed by atoms with E-state index in [4.69, 9.17) is 18.9 Å². The van der Waals surface area contributed by atoms with Gasteiger partial charge in [0.25, 0.3) is 5.91 Å². The molecule has 47 heavy (non-hydrogen) atoms. The molecule has 3 aromatic rings. The third kappa shape index (κ3) is 8.69. The molecule has 0 unspecified atom stereocenters. The molecule has 12 nitrogen and oxygen atoms in total. The molecule has 2 atom stereocenters. The van der Waals surface area contributed by atoms with Crippen LogP contribution in [0.5, 0.6) is 17.2 Å². The lowest BCUT2D eigenvalue weighted by molar-refractivity contribution is -0.137. The van der Waals surface area contributed by atoms with Gasteiger partial charge in [-0.3, -0.25) is 19.1 Å². The van der Waals surface area contributed by atoms with E-state index in [-0.39, 0.29) is 49.9 Å². The second kappa shape index (κ2) is 15.9. The summed E-state index contributed by atoms with van der Waals surface area (Å²) in [4.78, 5) is 44.0. The number of carbonyl (C=O) groups excluding carboxylic acids is 3. The number of nitrogens with one attached hydrogen (secondary N) is 1. The van der Waals surface area contributed by atoms with E-state index < -0.39 is 6.04 Å². The maximum absolute atomic E-state index is 13.6. The summed E-state index contributed by atoms with van der Waals surface area (Å²) < 4.78 is 25.2. The van der Waals surface area contributed by atoms with E-state index in [0.717, 1.165) is 11.1 Å². The summed E-state index contributed by atoms with van der Waals surface area (Å²) in [5.41, 5.74) is 3.03. The zero-order chi connectivity index (χ0) is 33.3. The molecular formula is C35H45N5O7. The van der Waals surface area contributed by atoms with Crippen LogP contribution >= 0.6 is 0 Å². The van der Waals surface area contributed by atoms with Gasteiger partial charge in [-0.05, 0) is 68.5 Å². The molecule has 3 aliphatic heterocycles. The van der Waals surface area contributed by atoms with Crippen LogP contribution in [-0.2, 0) is 38.6 Å². The Morgan fingerprint density at radius 1 is 1.11 bits per heavy atom. The number of amides is 3. The van der Waals surface area contributed by atoms with E-state index in [9.17, 15) is 14.4 Å². The molecule has 3 amide bonds. The molecule has 12 heteroatoms. The molecule has 1 fully saturated rings. The molecular weight excluding hydrogens is 602 g/mol. The van der Waals surface area contributed by atoms with Gasteiger partial charge in [0.15, 0.2) is 11.5 Å². The smallest absolute Gasteiger partial charge is 0.257 e. The molecule has 4 bridgehead atoms. The lowest BCUT2D eigenvalue weighted by Crippen LogP contribution is -2.58. The summed E-state index contributed by atoms with van der Waals surface area (Å²) in [6.45, 7) is 6.20. The first-order valence-corrected chi connectivity index (χ1v) is 16.2. The van der Waals surface area contributed by atoms with Crippen LogP contribution in [0, 0.1) is 6.92 Å². The van der Waals surface area contributed by atoms with E-state index in [2.05, 4.69) is 10.4 Å². The summed E-state index contributed by atoms with van der Waals surface area (Å²) in [5.74, 6) is 1.18. The highest BCUT2D eigenvalue weighted by atomic mass is 16.5. The first-order valence-electron chi connectivity index (χ1n) is 16.2. The molecule has 1 aromatic heterocycles. The molecule has 6 rings (SSSR count). The van der Waals surface area contributed by atoms with Gasteiger partial charge in [0, 0.05) is 52.5 Å². The van der Waals surface area contributed by atoms with Crippen molar-refractivity contribution in [2.75, 3.05) is 47.0 Å². The third-order valence-electron chi connectivity index (χ3n) is 8.59. The molecule has 0 aliphatic carbocycles. The van der Waals surface area contributed by atoms with Crippen molar-refractivity contribution >= 4 is 17.7 Å². The molecule has 0 spiro atoms. The van der Waals surface area contributed by atoms with E-state index in [1.54, 1.807) is 34.9 Å². The summed E-state index contributed by atoms with van der Waals surface area (Å²) in [6, 6.07) is 12.8. The Balaban J connectivity index is 1.41. The van der Waals surface area contributed by atoms with Crippen LogP contribution in [0.15, 0.2) is 48.7 Å². The Hall–Kier alpha value is -4.42. The fourth-order valence-corrected chi connectivity index (χ4v) is 6.02. The van der Waals surface area contributed by atoms with Crippen LogP contribution in [0.4, 0.5) is 0 Å². The van der Waals surface area contributed by atoms with Crippen molar-refractivity contribution in [3.05, 3.63) is 71.0 Å². The highest BCUT2D eigenvalue weighted by molar-refractivity contribution is 5.95. The Kier molecular flexibility index (Phi) is 11.5. The summed E-state index contributed by atoms with van der Waals surface area (Å²) in [5, 5.41) is 7.55. The molecule has 0 saturated carbocycles. The standard InChI is InChI=1S/C35H45N5O7/c1-5-40-20-28(24(2)37-40)35(43)39-16-14-30-29(21-39)36-33(41)22-38(15-7-17-44-3)34(42)13-11-25-10-12-31(32(19-25)45-4)47-27-9-6-8-26(18-27)23-46-30/h6,8-10,12,18-20,29-30H,5,7,11,13-17,21-23H2,1-4H3,(H,36,41)/t29-,30+/m0/s1. The van der Waals surface area contributed by atoms with Gasteiger partial charge in [-0.1, -0.05) is 18.2 Å². The number of carbonyl (C=O) groups is 3. The largest absolute Gasteiger partial charge is 0.493 e. The SMILES string of the molecule is CCn1cc(C(=O)N2CC[C@H]3OCc4cccc(c4)Oc4ccc(cc4OC)CCC(=O)N(CCCOC)CC(=O)N[C@H]3C2)c(C)n1. The van der Waals surface area contributed by atoms with Gasteiger partial charge in [0.2, 0.25) is 11.8 Å². The predicted molar refractivity (Wildman–Crippen MR) is 175 cm³/mol. The fourth-order valence-electron chi connectivity index (χ4n) is 6.02. The van der Waals surface area contributed by atoms with E-state index in [1.807, 2.05) is 56.3 Å². The normalized spacial score (nSPS) is 19.2. The van der Waals surface area contributed by atoms with Crippen molar-refractivity contribution in [2.24, 2.45) is 0 Å². The van der Waals surface area contributed by atoms with Crippen LogP contribution < -0.4 is 14.8 Å². The first-order chi connectivity index (χ1) is 22.8. The molecule has 1 N–H and O–H groups in total. The number of fused-ring (bicyclic) bond motifs is 9.